The Hall–Kier alpha value is -0.450. The Bertz CT molecular complexity index is 378. The average molecular weight is 282 g/mol. The Morgan fingerprint density at radius 1 is 1.37 bits per heavy atom. The highest BCUT2D eigenvalue weighted by atomic mass is 32.1. The summed E-state index contributed by atoms with van der Waals surface area (Å²) in [5.74, 6) is 0. The van der Waals surface area contributed by atoms with Gasteiger partial charge >= 0.3 is 0 Å². The molecular weight excluding hydrogens is 256 g/mol. The standard InChI is InChI=1S/C15H26N2OS/c1-15(2,3)13-11-19-14(17-13)10-16-8-9-18-12-6-4-5-7-12/h11-12,16H,4-10H2,1-3H3. The van der Waals surface area contributed by atoms with Crippen LogP contribution in [-0.4, -0.2) is 24.2 Å². The molecule has 0 unspecified atom stereocenters. The summed E-state index contributed by atoms with van der Waals surface area (Å²) in [5, 5.41) is 6.76. The van der Waals surface area contributed by atoms with Gasteiger partial charge in [0.2, 0.25) is 0 Å². The van der Waals surface area contributed by atoms with Crippen LogP contribution in [0.15, 0.2) is 5.38 Å². The van der Waals surface area contributed by atoms with Crippen LogP contribution in [0.4, 0.5) is 0 Å². The molecule has 1 heterocycles. The van der Waals surface area contributed by atoms with Crippen LogP contribution >= 0.6 is 11.3 Å². The summed E-state index contributed by atoms with van der Waals surface area (Å²) in [6.07, 6.45) is 5.71. The molecule has 0 atom stereocenters. The van der Waals surface area contributed by atoms with Gasteiger partial charge in [-0.05, 0) is 12.8 Å². The zero-order valence-electron chi connectivity index (χ0n) is 12.4. The maximum Gasteiger partial charge on any atom is 0.107 e. The molecule has 0 aromatic carbocycles. The van der Waals surface area contributed by atoms with Crippen molar-refractivity contribution in [2.75, 3.05) is 13.2 Å². The number of nitrogens with zero attached hydrogens (tertiary/aromatic N) is 1. The monoisotopic (exact) mass is 282 g/mol. The predicted octanol–water partition coefficient (Wildman–Crippen LogP) is 3.49. The Labute approximate surface area is 120 Å². The van der Waals surface area contributed by atoms with Crippen LogP contribution in [0.3, 0.4) is 0 Å². The van der Waals surface area contributed by atoms with Gasteiger partial charge in [-0.1, -0.05) is 33.6 Å². The maximum atomic E-state index is 5.82. The van der Waals surface area contributed by atoms with E-state index < -0.39 is 0 Å². The highest BCUT2D eigenvalue weighted by Gasteiger charge is 2.17. The molecule has 0 amide bonds. The second kappa shape index (κ2) is 6.82. The molecule has 1 saturated carbocycles. The lowest BCUT2D eigenvalue weighted by molar-refractivity contribution is 0.0602. The molecule has 108 valence electrons. The molecule has 1 fully saturated rings. The van der Waals surface area contributed by atoms with E-state index in [4.69, 9.17) is 4.74 Å². The van der Waals surface area contributed by atoms with E-state index in [1.54, 1.807) is 11.3 Å². The summed E-state index contributed by atoms with van der Waals surface area (Å²) >= 11 is 1.75. The van der Waals surface area contributed by atoms with Crippen molar-refractivity contribution in [1.29, 1.82) is 0 Å². The van der Waals surface area contributed by atoms with Gasteiger partial charge < -0.3 is 10.1 Å². The summed E-state index contributed by atoms with van der Waals surface area (Å²) in [5.41, 5.74) is 1.34. The largest absolute Gasteiger partial charge is 0.377 e. The molecule has 1 aromatic rings. The Morgan fingerprint density at radius 3 is 2.74 bits per heavy atom. The van der Waals surface area contributed by atoms with Gasteiger partial charge in [0, 0.05) is 23.9 Å². The van der Waals surface area contributed by atoms with Crippen LogP contribution in [0, 0.1) is 0 Å². The lowest BCUT2D eigenvalue weighted by Crippen LogP contribution is -2.22. The number of hydrogen-bond acceptors (Lipinski definition) is 4. The summed E-state index contributed by atoms with van der Waals surface area (Å²) in [6.45, 7) is 9.20. The molecular formula is C15H26N2OS. The van der Waals surface area contributed by atoms with Crippen molar-refractivity contribution in [2.45, 2.75) is 64.5 Å². The predicted molar refractivity (Wildman–Crippen MR) is 80.7 cm³/mol. The van der Waals surface area contributed by atoms with E-state index in [1.807, 2.05) is 0 Å². The molecule has 1 aromatic heterocycles. The van der Waals surface area contributed by atoms with Gasteiger partial charge in [0.15, 0.2) is 0 Å². The highest BCUT2D eigenvalue weighted by Crippen LogP contribution is 2.23. The van der Waals surface area contributed by atoms with E-state index in [-0.39, 0.29) is 5.41 Å². The van der Waals surface area contributed by atoms with Crippen LogP contribution < -0.4 is 5.32 Å². The van der Waals surface area contributed by atoms with Crippen molar-refractivity contribution in [2.24, 2.45) is 0 Å². The van der Waals surface area contributed by atoms with E-state index in [1.165, 1.54) is 36.4 Å². The lowest BCUT2D eigenvalue weighted by Gasteiger charge is -2.14. The van der Waals surface area contributed by atoms with Crippen molar-refractivity contribution in [3.8, 4) is 0 Å². The van der Waals surface area contributed by atoms with Crippen LogP contribution in [-0.2, 0) is 16.7 Å². The fourth-order valence-electron chi connectivity index (χ4n) is 2.28. The fourth-order valence-corrected chi connectivity index (χ4v) is 3.28. The van der Waals surface area contributed by atoms with E-state index in [0.717, 1.165) is 19.7 Å². The number of rotatable bonds is 6. The molecule has 1 aliphatic carbocycles. The minimum absolute atomic E-state index is 0.153. The number of thiazole rings is 1. The maximum absolute atomic E-state index is 5.82. The van der Waals surface area contributed by atoms with Crippen molar-refractivity contribution in [1.82, 2.24) is 10.3 Å². The van der Waals surface area contributed by atoms with Gasteiger partial charge in [-0.15, -0.1) is 11.3 Å². The molecule has 1 aliphatic rings. The Morgan fingerprint density at radius 2 is 2.11 bits per heavy atom. The third-order valence-electron chi connectivity index (χ3n) is 3.53. The lowest BCUT2D eigenvalue weighted by atomic mass is 9.93. The zero-order chi connectivity index (χ0) is 13.7. The van der Waals surface area contributed by atoms with Crippen molar-refractivity contribution >= 4 is 11.3 Å². The van der Waals surface area contributed by atoms with Gasteiger partial charge in [-0.25, -0.2) is 4.98 Å². The molecule has 2 rings (SSSR count). The van der Waals surface area contributed by atoms with E-state index in [2.05, 4.69) is 36.5 Å². The smallest absolute Gasteiger partial charge is 0.107 e. The highest BCUT2D eigenvalue weighted by molar-refractivity contribution is 7.09. The first-order chi connectivity index (χ1) is 9.05. The van der Waals surface area contributed by atoms with Gasteiger partial charge in [0.05, 0.1) is 18.4 Å². The molecule has 3 nitrogen and oxygen atoms in total. The van der Waals surface area contributed by atoms with Gasteiger partial charge in [-0.2, -0.15) is 0 Å². The van der Waals surface area contributed by atoms with Crippen molar-refractivity contribution in [3.63, 3.8) is 0 Å². The normalized spacial score (nSPS) is 17.2. The molecule has 0 aliphatic heterocycles. The van der Waals surface area contributed by atoms with Crippen LogP contribution in [0.25, 0.3) is 0 Å². The second-order valence-corrected chi connectivity index (χ2v) is 7.27. The van der Waals surface area contributed by atoms with E-state index in [9.17, 15) is 0 Å². The third kappa shape index (κ3) is 4.86. The number of hydrogen-bond donors (Lipinski definition) is 1. The first-order valence-corrected chi connectivity index (χ1v) is 8.21. The Balaban J connectivity index is 1.61. The zero-order valence-corrected chi connectivity index (χ0v) is 13.2. The molecule has 0 bridgehead atoms. The molecule has 0 spiro atoms. The first-order valence-electron chi connectivity index (χ1n) is 7.33. The number of ether oxygens (including phenoxy) is 1. The van der Waals surface area contributed by atoms with Crippen molar-refractivity contribution in [3.05, 3.63) is 16.1 Å². The number of nitrogens with one attached hydrogen (secondary N) is 1. The van der Waals surface area contributed by atoms with Crippen LogP contribution in [0.1, 0.15) is 57.2 Å². The quantitative estimate of drug-likeness (QED) is 0.811. The topological polar surface area (TPSA) is 34.1 Å². The summed E-state index contributed by atoms with van der Waals surface area (Å²) < 4.78 is 5.82. The molecule has 19 heavy (non-hydrogen) atoms. The number of aromatic nitrogens is 1. The van der Waals surface area contributed by atoms with Gasteiger partial charge in [0.1, 0.15) is 5.01 Å². The minimum Gasteiger partial charge on any atom is -0.377 e. The summed E-state index contributed by atoms with van der Waals surface area (Å²) in [6, 6.07) is 0. The summed E-state index contributed by atoms with van der Waals surface area (Å²) in [7, 11) is 0. The average Bonchev–Trinajstić information content (AvgIpc) is 2.97. The molecule has 4 heteroatoms. The van der Waals surface area contributed by atoms with Crippen molar-refractivity contribution < 1.29 is 4.74 Å². The molecule has 0 radical (unpaired) electrons. The van der Waals surface area contributed by atoms with Crippen LogP contribution in [0.2, 0.25) is 0 Å². The minimum atomic E-state index is 0.153. The second-order valence-electron chi connectivity index (χ2n) is 6.33. The first kappa shape index (κ1) is 14.9. The van der Waals surface area contributed by atoms with E-state index >= 15 is 0 Å². The molecule has 0 saturated heterocycles. The van der Waals surface area contributed by atoms with Gasteiger partial charge in [-0.3, -0.25) is 0 Å². The fraction of sp³-hybridized carbons (Fsp3) is 0.800. The van der Waals surface area contributed by atoms with Gasteiger partial charge in [0.25, 0.3) is 0 Å². The van der Waals surface area contributed by atoms with E-state index in [0.29, 0.717) is 6.10 Å². The SMILES string of the molecule is CC(C)(C)c1csc(CNCCOC2CCCC2)n1. The van der Waals surface area contributed by atoms with Crippen LogP contribution in [0.5, 0.6) is 0 Å². The third-order valence-corrected chi connectivity index (χ3v) is 4.38. The molecule has 1 N–H and O–H groups in total. The Kier molecular flexibility index (Phi) is 5.37. The summed E-state index contributed by atoms with van der Waals surface area (Å²) in [4.78, 5) is 4.67.